The third-order valence-electron chi connectivity index (χ3n) is 2.88. The van der Waals surface area contributed by atoms with Crippen molar-refractivity contribution in [1.82, 2.24) is 9.80 Å². The predicted molar refractivity (Wildman–Crippen MR) is 79.7 cm³/mol. The Kier molecular flexibility index (Phi) is 9.90. The summed E-state index contributed by atoms with van der Waals surface area (Å²) in [6, 6.07) is 0. The Labute approximate surface area is 117 Å². The number of carbonyl (C=O) groups excluding carboxylic acids is 1. The summed E-state index contributed by atoms with van der Waals surface area (Å²) in [6.07, 6.45) is 4.14. The molecule has 1 aliphatic heterocycles. The Morgan fingerprint density at radius 1 is 1.26 bits per heavy atom. The van der Waals surface area contributed by atoms with Gasteiger partial charge in [0.1, 0.15) is 0 Å². The van der Waals surface area contributed by atoms with Crippen molar-refractivity contribution in [3.8, 4) is 0 Å². The van der Waals surface area contributed by atoms with E-state index in [9.17, 15) is 4.79 Å². The molecule has 110 valence electrons. The summed E-state index contributed by atoms with van der Waals surface area (Å²) in [5, 5.41) is 0. The van der Waals surface area contributed by atoms with Crippen LogP contribution in [0.1, 0.15) is 34.1 Å². The fraction of sp³-hybridized carbons (Fsp3) is 0.667. The number of piperazine rings is 1. The molecule has 1 heterocycles. The maximum absolute atomic E-state index is 12.1. The summed E-state index contributed by atoms with van der Waals surface area (Å²) in [5.41, 5.74) is 0. The Morgan fingerprint density at radius 2 is 1.84 bits per heavy atom. The fourth-order valence-corrected chi connectivity index (χ4v) is 1.98. The lowest BCUT2D eigenvalue weighted by atomic mass is 10.2. The molecule has 1 saturated heterocycles. The quantitative estimate of drug-likeness (QED) is 0.567. The van der Waals surface area contributed by atoms with Gasteiger partial charge >= 0.3 is 0 Å². The van der Waals surface area contributed by atoms with Gasteiger partial charge in [-0.1, -0.05) is 27.4 Å². The molecule has 19 heavy (non-hydrogen) atoms. The van der Waals surface area contributed by atoms with Crippen LogP contribution in [0.2, 0.25) is 0 Å². The third-order valence-corrected chi connectivity index (χ3v) is 2.88. The summed E-state index contributed by atoms with van der Waals surface area (Å²) < 4.78 is 5.10. The molecule has 1 aliphatic rings. The Hall–Kier alpha value is -1.29. The number of carbonyl (C=O) groups is 1. The molecular weight excluding hydrogens is 240 g/mol. The van der Waals surface area contributed by atoms with Gasteiger partial charge in [-0.2, -0.15) is 0 Å². The second-order valence-corrected chi connectivity index (χ2v) is 4.07. The Bertz CT molecular complexity index is 293. The highest BCUT2D eigenvalue weighted by atomic mass is 16.5. The Balaban J connectivity index is 0.00000154. The summed E-state index contributed by atoms with van der Waals surface area (Å²) in [7, 11) is 0. The molecule has 4 heteroatoms. The van der Waals surface area contributed by atoms with Crippen LogP contribution in [0.15, 0.2) is 24.7 Å². The van der Waals surface area contributed by atoms with Crippen molar-refractivity contribution in [3.63, 3.8) is 0 Å². The smallest absolute Gasteiger partial charge is 0.289 e. The van der Waals surface area contributed by atoms with Gasteiger partial charge in [-0.05, 0) is 26.0 Å². The van der Waals surface area contributed by atoms with Gasteiger partial charge < -0.3 is 9.64 Å². The van der Waals surface area contributed by atoms with Crippen molar-refractivity contribution >= 4 is 5.91 Å². The number of amides is 1. The van der Waals surface area contributed by atoms with E-state index in [1.54, 1.807) is 13.0 Å². The van der Waals surface area contributed by atoms with Crippen molar-refractivity contribution in [3.05, 3.63) is 24.7 Å². The summed E-state index contributed by atoms with van der Waals surface area (Å²) in [6.45, 7) is 16.0. The van der Waals surface area contributed by atoms with E-state index in [0.717, 1.165) is 39.1 Å². The number of allylic oxidation sites excluding steroid dienone is 1. The molecule has 0 bridgehead atoms. The largest absolute Gasteiger partial charge is 0.460 e. The maximum atomic E-state index is 12.1. The van der Waals surface area contributed by atoms with E-state index in [4.69, 9.17) is 4.74 Å². The van der Waals surface area contributed by atoms with E-state index < -0.39 is 0 Å². The van der Waals surface area contributed by atoms with Gasteiger partial charge in [0.05, 0.1) is 6.26 Å². The average Bonchev–Trinajstić information content (AvgIpc) is 2.47. The number of hydrogen-bond acceptors (Lipinski definition) is 3. The molecule has 0 spiro atoms. The topological polar surface area (TPSA) is 32.8 Å². The zero-order valence-electron chi connectivity index (χ0n) is 12.8. The standard InChI is InChI=1S/C13H22N2O2.C2H6/c1-4-7-14-8-10-15(11-9-14)13(16)12(5-2)17-6-3;1-2/h5-6H,3-4,7-11H2,1-2H3;1-2H3/b12-5-;. The molecule has 4 nitrogen and oxygen atoms in total. The van der Waals surface area contributed by atoms with Crippen molar-refractivity contribution in [2.24, 2.45) is 0 Å². The van der Waals surface area contributed by atoms with Crippen LogP contribution >= 0.6 is 0 Å². The second kappa shape index (κ2) is 10.6. The lowest BCUT2D eigenvalue weighted by Crippen LogP contribution is -2.49. The van der Waals surface area contributed by atoms with E-state index in [1.807, 2.05) is 18.7 Å². The van der Waals surface area contributed by atoms with E-state index in [-0.39, 0.29) is 5.91 Å². The van der Waals surface area contributed by atoms with Crippen LogP contribution in [-0.4, -0.2) is 48.4 Å². The van der Waals surface area contributed by atoms with Crippen molar-refractivity contribution < 1.29 is 9.53 Å². The molecule has 0 radical (unpaired) electrons. The van der Waals surface area contributed by atoms with Crippen molar-refractivity contribution in [2.45, 2.75) is 34.1 Å². The minimum Gasteiger partial charge on any atom is -0.460 e. The molecule has 1 rings (SSSR count). The highest BCUT2D eigenvalue weighted by Crippen LogP contribution is 2.09. The lowest BCUT2D eigenvalue weighted by molar-refractivity contribution is -0.131. The van der Waals surface area contributed by atoms with Crippen LogP contribution in [0.25, 0.3) is 0 Å². The van der Waals surface area contributed by atoms with E-state index in [0.29, 0.717) is 5.76 Å². The molecule has 0 saturated carbocycles. The lowest BCUT2D eigenvalue weighted by Gasteiger charge is -2.34. The molecule has 0 aromatic rings. The van der Waals surface area contributed by atoms with Gasteiger partial charge in [0.25, 0.3) is 5.91 Å². The molecular formula is C15H28N2O2. The predicted octanol–water partition coefficient (Wildman–Crippen LogP) is 2.63. The molecule has 1 fully saturated rings. The SMILES string of the molecule is C=CO/C(=C\C)C(=O)N1CCN(CCC)CC1.CC. The van der Waals surface area contributed by atoms with Crippen LogP contribution in [0.5, 0.6) is 0 Å². The highest BCUT2D eigenvalue weighted by Gasteiger charge is 2.23. The Morgan fingerprint density at radius 3 is 2.26 bits per heavy atom. The normalized spacial score (nSPS) is 16.4. The number of ether oxygens (including phenoxy) is 1. The van der Waals surface area contributed by atoms with Gasteiger partial charge in [-0.15, -0.1) is 0 Å². The molecule has 0 aromatic heterocycles. The zero-order chi connectivity index (χ0) is 14.7. The second-order valence-electron chi connectivity index (χ2n) is 4.07. The number of rotatable bonds is 5. The summed E-state index contributed by atoms with van der Waals surface area (Å²) >= 11 is 0. The highest BCUT2D eigenvalue weighted by molar-refractivity contribution is 5.91. The van der Waals surface area contributed by atoms with Crippen LogP contribution in [0, 0.1) is 0 Å². The van der Waals surface area contributed by atoms with Crippen LogP contribution < -0.4 is 0 Å². The summed E-state index contributed by atoms with van der Waals surface area (Å²) in [5.74, 6) is 0.326. The zero-order valence-corrected chi connectivity index (χ0v) is 12.8. The first-order valence-corrected chi connectivity index (χ1v) is 7.18. The third kappa shape index (κ3) is 5.92. The van der Waals surface area contributed by atoms with Gasteiger partial charge in [0.2, 0.25) is 0 Å². The van der Waals surface area contributed by atoms with Gasteiger partial charge in [-0.3, -0.25) is 9.69 Å². The van der Waals surface area contributed by atoms with E-state index in [1.165, 1.54) is 6.26 Å². The first-order valence-electron chi connectivity index (χ1n) is 7.18. The fourth-order valence-electron chi connectivity index (χ4n) is 1.98. The molecule has 0 N–H and O–H groups in total. The minimum atomic E-state index is -0.0384. The molecule has 0 aromatic carbocycles. The average molecular weight is 268 g/mol. The van der Waals surface area contributed by atoms with Crippen molar-refractivity contribution in [1.29, 1.82) is 0 Å². The van der Waals surface area contributed by atoms with Crippen molar-refractivity contribution in [2.75, 3.05) is 32.7 Å². The number of nitrogens with zero attached hydrogens (tertiary/aromatic N) is 2. The van der Waals surface area contributed by atoms with Gasteiger partial charge in [0.15, 0.2) is 5.76 Å². The van der Waals surface area contributed by atoms with Crippen LogP contribution in [-0.2, 0) is 9.53 Å². The molecule has 1 amide bonds. The first-order chi connectivity index (χ1) is 9.22. The molecule has 0 atom stereocenters. The summed E-state index contributed by atoms with van der Waals surface area (Å²) in [4.78, 5) is 16.3. The number of hydrogen-bond donors (Lipinski definition) is 0. The maximum Gasteiger partial charge on any atom is 0.289 e. The van der Waals surface area contributed by atoms with Gasteiger partial charge in [-0.25, -0.2) is 0 Å². The van der Waals surface area contributed by atoms with E-state index >= 15 is 0 Å². The first kappa shape index (κ1) is 17.7. The van der Waals surface area contributed by atoms with Crippen LogP contribution in [0.4, 0.5) is 0 Å². The van der Waals surface area contributed by atoms with Gasteiger partial charge in [0, 0.05) is 26.2 Å². The minimum absolute atomic E-state index is 0.0384. The molecule has 0 unspecified atom stereocenters. The molecule has 0 aliphatic carbocycles. The van der Waals surface area contributed by atoms with Crippen LogP contribution in [0.3, 0.4) is 0 Å². The monoisotopic (exact) mass is 268 g/mol. The van der Waals surface area contributed by atoms with E-state index in [2.05, 4.69) is 18.4 Å².